The number of carbonyl (C=O) groups is 2. The molecule has 1 aliphatic carbocycles. The fourth-order valence-corrected chi connectivity index (χ4v) is 2.96. The quantitative estimate of drug-likeness (QED) is 0.658. The second kappa shape index (κ2) is 7.20. The number of hydrogen-bond donors (Lipinski definition) is 2. The lowest BCUT2D eigenvalue weighted by Gasteiger charge is -2.23. The van der Waals surface area contributed by atoms with Crippen LogP contribution in [0.15, 0.2) is 23.1 Å². The molecule has 1 aromatic carbocycles. The van der Waals surface area contributed by atoms with Gasteiger partial charge in [0.25, 0.3) is 0 Å². The number of carbonyl (C=O) groups excluding carboxylic acids is 2. The molecule has 0 spiro atoms. The average molecular weight is 333 g/mol. The van der Waals surface area contributed by atoms with Crippen LogP contribution in [-0.2, 0) is 9.59 Å². The van der Waals surface area contributed by atoms with Crippen molar-refractivity contribution in [1.82, 2.24) is 10.9 Å². The summed E-state index contributed by atoms with van der Waals surface area (Å²) < 4.78 is 0. The van der Waals surface area contributed by atoms with Crippen LogP contribution in [0.3, 0.4) is 0 Å². The maximum absolute atomic E-state index is 11.6. The first kappa shape index (κ1) is 15.5. The summed E-state index contributed by atoms with van der Waals surface area (Å²) in [7, 11) is 0. The topological polar surface area (TPSA) is 58.2 Å². The van der Waals surface area contributed by atoms with Gasteiger partial charge >= 0.3 is 0 Å². The Hall–Kier alpha value is -0.910. The van der Waals surface area contributed by atoms with Crippen LogP contribution in [-0.4, -0.2) is 17.6 Å². The zero-order chi connectivity index (χ0) is 14.5. The van der Waals surface area contributed by atoms with E-state index >= 15 is 0 Å². The number of thioether (sulfide) groups is 1. The Labute approximate surface area is 131 Å². The molecular formula is C13H14Cl2N2O2S. The third-order valence-corrected chi connectivity index (χ3v) is 4.79. The average Bonchev–Trinajstić information content (AvgIpc) is 2.35. The van der Waals surface area contributed by atoms with Gasteiger partial charge in [-0.3, -0.25) is 20.4 Å². The van der Waals surface area contributed by atoms with Gasteiger partial charge in [-0.05, 0) is 31.0 Å². The maximum atomic E-state index is 11.6. The molecule has 0 heterocycles. The van der Waals surface area contributed by atoms with Gasteiger partial charge in [-0.2, -0.15) is 0 Å². The van der Waals surface area contributed by atoms with Gasteiger partial charge in [0.15, 0.2) is 0 Å². The van der Waals surface area contributed by atoms with E-state index in [2.05, 4.69) is 10.9 Å². The predicted octanol–water partition coefficient (Wildman–Crippen LogP) is 3.03. The Morgan fingerprint density at radius 2 is 2.00 bits per heavy atom. The van der Waals surface area contributed by atoms with Gasteiger partial charge in [0.1, 0.15) is 0 Å². The van der Waals surface area contributed by atoms with E-state index in [4.69, 9.17) is 23.2 Å². The Kier molecular flexibility index (Phi) is 5.57. The normalized spacial score (nSPS) is 14.5. The van der Waals surface area contributed by atoms with Gasteiger partial charge in [-0.15, -0.1) is 11.8 Å². The zero-order valence-corrected chi connectivity index (χ0v) is 12.9. The monoisotopic (exact) mass is 332 g/mol. The van der Waals surface area contributed by atoms with Crippen molar-refractivity contribution in [1.29, 1.82) is 0 Å². The molecule has 0 atom stereocenters. The summed E-state index contributed by atoms with van der Waals surface area (Å²) in [5.74, 6) is -0.190. The van der Waals surface area contributed by atoms with Gasteiger partial charge in [-0.25, -0.2) is 0 Å². The lowest BCUT2D eigenvalue weighted by molar-refractivity contribution is -0.132. The number of benzene rings is 1. The summed E-state index contributed by atoms with van der Waals surface area (Å²) in [5, 5.41) is 1.11. The molecule has 2 rings (SSSR count). The largest absolute Gasteiger partial charge is 0.273 e. The number of halogens is 2. The molecule has 0 saturated heterocycles. The molecule has 1 aliphatic rings. The number of amides is 2. The Bertz CT molecular complexity index is 521. The van der Waals surface area contributed by atoms with Crippen LogP contribution in [0.2, 0.25) is 10.0 Å². The third-order valence-electron chi connectivity index (χ3n) is 3.05. The van der Waals surface area contributed by atoms with E-state index < -0.39 is 0 Å². The lowest BCUT2D eigenvalue weighted by Crippen LogP contribution is -2.46. The second-order valence-electron chi connectivity index (χ2n) is 4.53. The molecule has 7 heteroatoms. The van der Waals surface area contributed by atoms with Gasteiger partial charge in [0.05, 0.1) is 10.8 Å². The Morgan fingerprint density at radius 1 is 1.25 bits per heavy atom. The van der Waals surface area contributed by atoms with E-state index in [1.165, 1.54) is 11.8 Å². The minimum atomic E-state index is -0.279. The van der Waals surface area contributed by atoms with Crippen LogP contribution < -0.4 is 10.9 Å². The van der Waals surface area contributed by atoms with E-state index in [9.17, 15) is 9.59 Å². The van der Waals surface area contributed by atoms with Crippen molar-refractivity contribution in [3.63, 3.8) is 0 Å². The van der Waals surface area contributed by atoms with Gasteiger partial charge in [0.2, 0.25) is 11.8 Å². The van der Waals surface area contributed by atoms with Crippen molar-refractivity contribution < 1.29 is 9.59 Å². The van der Waals surface area contributed by atoms with Crippen molar-refractivity contribution >= 4 is 46.8 Å². The minimum Gasteiger partial charge on any atom is -0.273 e. The summed E-state index contributed by atoms with van der Waals surface area (Å²) in [6.45, 7) is 0. The van der Waals surface area contributed by atoms with Gasteiger partial charge in [-0.1, -0.05) is 29.6 Å². The molecule has 4 nitrogen and oxygen atoms in total. The molecule has 1 saturated carbocycles. The molecule has 1 fully saturated rings. The summed E-state index contributed by atoms with van der Waals surface area (Å²) >= 11 is 13.1. The highest BCUT2D eigenvalue weighted by molar-refractivity contribution is 8.00. The fraction of sp³-hybridized carbons (Fsp3) is 0.385. The van der Waals surface area contributed by atoms with Crippen molar-refractivity contribution in [2.24, 2.45) is 5.92 Å². The van der Waals surface area contributed by atoms with Crippen molar-refractivity contribution in [2.45, 2.75) is 24.2 Å². The van der Waals surface area contributed by atoms with E-state index in [-0.39, 0.29) is 23.5 Å². The summed E-state index contributed by atoms with van der Waals surface area (Å²) in [4.78, 5) is 23.9. The molecule has 1 aromatic rings. The molecule has 0 bridgehead atoms. The van der Waals surface area contributed by atoms with Crippen molar-refractivity contribution in [2.75, 3.05) is 5.75 Å². The standard InChI is InChI=1S/C13H14Cl2N2O2S/c14-9-4-5-10(15)11(6-9)20-7-12(18)16-17-13(19)8-2-1-3-8/h4-6,8H,1-3,7H2,(H,16,18)(H,17,19). The molecule has 108 valence electrons. The van der Waals surface area contributed by atoms with Crippen LogP contribution in [0.4, 0.5) is 0 Å². The van der Waals surface area contributed by atoms with Crippen molar-refractivity contribution in [3.05, 3.63) is 28.2 Å². The smallest absolute Gasteiger partial charge is 0.248 e. The number of rotatable bonds is 4. The second-order valence-corrected chi connectivity index (χ2v) is 6.39. The highest BCUT2D eigenvalue weighted by Gasteiger charge is 2.25. The number of hydrazine groups is 1. The lowest BCUT2D eigenvalue weighted by atomic mass is 9.85. The van der Waals surface area contributed by atoms with Crippen LogP contribution in [0, 0.1) is 5.92 Å². The summed E-state index contributed by atoms with van der Waals surface area (Å²) in [5.41, 5.74) is 4.84. The maximum Gasteiger partial charge on any atom is 0.248 e. The van der Waals surface area contributed by atoms with E-state index in [1.807, 2.05) is 0 Å². The first-order chi connectivity index (χ1) is 9.56. The molecular weight excluding hydrogens is 319 g/mol. The SMILES string of the molecule is O=C(CSc1cc(Cl)ccc1Cl)NNC(=O)C1CCC1. The first-order valence-electron chi connectivity index (χ1n) is 6.23. The van der Waals surface area contributed by atoms with Crippen LogP contribution in [0.5, 0.6) is 0 Å². The molecule has 0 aliphatic heterocycles. The van der Waals surface area contributed by atoms with Crippen LogP contribution >= 0.6 is 35.0 Å². The zero-order valence-electron chi connectivity index (χ0n) is 10.6. The van der Waals surface area contributed by atoms with Crippen molar-refractivity contribution in [3.8, 4) is 0 Å². The summed E-state index contributed by atoms with van der Waals surface area (Å²) in [6, 6.07) is 5.07. The van der Waals surface area contributed by atoms with Crippen LogP contribution in [0.25, 0.3) is 0 Å². The molecule has 20 heavy (non-hydrogen) atoms. The fourth-order valence-electron chi connectivity index (χ4n) is 1.67. The molecule has 0 unspecified atom stereocenters. The van der Waals surface area contributed by atoms with E-state index in [1.54, 1.807) is 18.2 Å². The highest BCUT2D eigenvalue weighted by atomic mass is 35.5. The summed E-state index contributed by atoms with van der Waals surface area (Å²) in [6.07, 6.45) is 2.87. The molecule has 2 N–H and O–H groups in total. The number of hydrogen-bond acceptors (Lipinski definition) is 3. The number of nitrogens with one attached hydrogen (secondary N) is 2. The first-order valence-corrected chi connectivity index (χ1v) is 7.97. The molecule has 0 aromatic heterocycles. The van der Waals surface area contributed by atoms with E-state index in [0.29, 0.717) is 10.0 Å². The predicted molar refractivity (Wildman–Crippen MR) is 80.8 cm³/mol. The Morgan fingerprint density at radius 3 is 2.65 bits per heavy atom. The van der Waals surface area contributed by atoms with E-state index in [0.717, 1.165) is 24.2 Å². The van der Waals surface area contributed by atoms with Gasteiger partial charge < -0.3 is 0 Å². The minimum absolute atomic E-state index is 0.0466. The van der Waals surface area contributed by atoms with Crippen LogP contribution in [0.1, 0.15) is 19.3 Å². The Balaban J connectivity index is 1.74. The van der Waals surface area contributed by atoms with Gasteiger partial charge in [0, 0.05) is 15.8 Å². The molecule has 0 radical (unpaired) electrons. The highest BCUT2D eigenvalue weighted by Crippen LogP contribution is 2.29. The third kappa shape index (κ3) is 4.30. The molecule has 2 amide bonds.